The second kappa shape index (κ2) is 4.00. The van der Waals surface area contributed by atoms with Crippen LogP contribution >= 0.6 is 11.3 Å². The number of carbonyl (C=O) groups is 1. The van der Waals surface area contributed by atoms with Gasteiger partial charge >= 0.3 is 0 Å². The highest BCUT2D eigenvalue weighted by molar-refractivity contribution is 7.16. The molecule has 100 valence electrons. The molecule has 4 rings (SSSR count). The van der Waals surface area contributed by atoms with Crippen molar-refractivity contribution in [1.82, 2.24) is 0 Å². The van der Waals surface area contributed by atoms with Crippen LogP contribution in [-0.2, 0) is 27.1 Å². The number of hydrogen-bond donors (Lipinski definition) is 1. The van der Waals surface area contributed by atoms with Gasteiger partial charge < -0.3 is 14.8 Å². The minimum Gasteiger partial charge on any atom is -0.456 e. The highest BCUT2D eigenvalue weighted by Gasteiger charge is 2.40. The van der Waals surface area contributed by atoms with E-state index in [9.17, 15) is 4.79 Å². The van der Waals surface area contributed by atoms with Gasteiger partial charge in [0.15, 0.2) is 0 Å². The van der Waals surface area contributed by atoms with Crippen molar-refractivity contribution in [2.24, 2.45) is 5.92 Å². The van der Waals surface area contributed by atoms with Crippen molar-refractivity contribution in [2.75, 3.05) is 5.32 Å². The lowest BCUT2D eigenvalue weighted by atomic mass is 9.93. The molecule has 0 saturated heterocycles. The zero-order valence-corrected chi connectivity index (χ0v) is 11.3. The number of hydrogen-bond acceptors (Lipinski definition) is 4. The van der Waals surface area contributed by atoms with Crippen molar-refractivity contribution in [3.8, 4) is 0 Å². The maximum atomic E-state index is 11.8. The monoisotopic (exact) mass is 277 g/mol. The molecule has 0 radical (unpaired) electrons. The third-order valence-corrected chi connectivity index (χ3v) is 5.06. The standard InChI is InChI=1S/C14H15NO3S/c16-13(9-1-2-9)15-12-7-10-8-14(17-5-6-18-14)4-3-11(10)19-12/h5-7,9H,1-4,8H2,(H,15,16). The van der Waals surface area contributed by atoms with Gasteiger partial charge in [0.05, 0.1) is 11.4 Å². The lowest BCUT2D eigenvalue weighted by molar-refractivity contribution is -0.148. The van der Waals surface area contributed by atoms with Crippen LogP contribution in [0.1, 0.15) is 29.7 Å². The Morgan fingerprint density at radius 3 is 2.89 bits per heavy atom. The first-order valence-corrected chi connectivity index (χ1v) is 7.49. The third-order valence-electron chi connectivity index (χ3n) is 3.91. The summed E-state index contributed by atoms with van der Waals surface area (Å²) in [6, 6.07) is 2.08. The predicted molar refractivity (Wildman–Crippen MR) is 71.7 cm³/mol. The van der Waals surface area contributed by atoms with Crippen LogP contribution in [0.15, 0.2) is 18.6 Å². The number of nitrogens with one attached hydrogen (secondary N) is 1. The number of fused-ring (bicyclic) bond motifs is 1. The fraction of sp³-hybridized carbons (Fsp3) is 0.500. The van der Waals surface area contributed by atoms with Crippen molar-refractivity contribution in [2.45, 2.75) is 37.9 Å². The summed E-state index contributed by atoms with van der Waals surface area (Å²) in [6.07, 6.45) is 7.87. The summed E-state index contributed by atoms with van der Waals surface area (Å²) in [6.45, 7) is 0. The lowest BCUT2D eigenvalue weighted by Gasteiger charge is -2.31. The van der Waals surface area contributed by atoms with E-state index < -0.39 is 5.79 Å². The molecule has 4 nitrogen and oxygen atoms in total. The fourth-order valence-electron chi connectivity index (χ4n) is 2.67. The molecular weight excluding hydrogens is 262 g/mol. The quantitative estimate of drug-likeness (QED) is 0.904. The molecule has 0 aromatic carbocycles. The highest BCUT2D eigenvalue weighted by atomic mass is 32.1. The van der Waals surface area contributed by atoms with Crippen LogP contribution in [0.3, 0.4) is 0 Å². The fourth-order valence-corrected chi connectivity index (χ4v) is 3.76. The van der Waals surface area contributed by atoms with Gasteiger partial charge in [-0.3, -0.25) is 4.79 Å². The maximum Gasteiger partial charge on any atom is 0.254 e. The van der Waals surface area contributed by atoms with Gasteiger partial charge in [-0.2, -0.15) is 0 Å². The van der Waals surface area contributed by atoms with Crippen LogP contribution in [0.5, 0.6) is 0 Å². The minimum atomic E-state index is -0.494. The maximum absolute atomic E-state index is 11.8. The zero-order chi connectivity index (χ0) is 12.9. The average molecular weight is 277 g/mol. The second-order valence-electron chi connectivity index (χ2n) is 5.42. The first kappa shape index (κ1) is 11.3. The second-order valence-corrected chi connectivity index (χ2v) is 6.55. The van der Waals surface area contributed by atoms with Crippen LogP contribution in [0.2, 0.25) is 0 Å². The van der Waals surface area contributed by atoms with E-state index in [0.717, 1.165) is 37.1 Å². The average Bonchev–Trinajstić information content (AvgIpc) is 3.05. The largest absolute Gasteiger partial charge is 0.456 e. The molecule has 2 heterocycles. The smallest absolute Gasteiger partial charge is 0.254 e. The number of ether oxygens (including phenoxy) is 2. The van der Waals surface area contributed by atoms with Crippen molar-refractivity contribution in [3.05, 3.63) is 29.0 Å². The molecule has 1 spiro atoms. The molecule has 1 saturated carbocycles. The Morgan fingerprint density at radius 1 is 1.37 bits per heavy atom. The van der Waals surface area contributed by atoms with Gasteiger partial charge in [-0.05, 0) is 30.9 Å². The van der Waals surface area contributed by atoms with Crippen LogP contribution in [0, 0.1) is 5.92 Å². The SMILES string of the molecule is O=C(Nc1cc2c(s1)CCC1(C2)OC=CO1)C1CC1. The van der Waals surface area contributed by atoms with Crippen molar-refractivity contribution in [1.29, 1.82) is 0 Å². The van der Waals surface area contributed by atoms with Gasteiger partial charge in [0.1, 0.15) is 12.5 Å². The molecule has 1 N–H and O–H groups in total. The van der Waals surface area contributed by atoms with Gasteiger partial charge in [0.2, 0.25) is 5.91 Å². The highest BCUT2D eigenvalue weighted by Crippen LogP contribution is 2.41. The summed E-state index contributed by atoms with van der Waals surface area (Å²) < 4.78 is 11.2. The van der Waals surface area contributed by atoms with Crippen LogP contribution in [0.4, 0.5) is 5.00 Å². The summed E-state index contributed by atoms with van der Waals surface area (Å²) >= 11 is 1.69. The molecular formula is C14H15NO3S. The van der Waals surface area contributed by atoms with Crippen LogP contribution in [-0.4, -0.2) is 11.7 Å². The van der Waals surface area contributed by atoms with Gasteiger partial charge in [-0.1, -0.05) is 0 Å². The van der Waals surface area contributed by atoms with E-state index in [2.05, 4.69) is 11.4 Å². The molecule has 1 aliphatic heterocycles. The van der Waals surface area contributed by atoms with E-state index in [1.165, 1.54) is 10.4 Å². The molecule has 1 aromatic rings. The summed E-state index contributed by atoms with van der Waals surface area (Å²) in [5.74, 6) is -0.0780. The first-order chi connectivity index (χ1) is 9.24. The number of carbonyl (C=O) groups excluding carboxylic acids is 1. The molecule has 1 aromatic heterocycles. The van der Waals surface area contributed by atoms with Crippen LogP contribution in [0.25, 0.3) is 0 Å². The molecule has 1 fully saturated rings. The summed E-state index contributed by atoms with van der Waals surface area (Å²) in [5.41, 5.74) is 1.24. The number of thiophene rings is 1. The Bertz CT molecular complexity index is 551. The Kier molecular flexibility index (Phi) is 2.39. The Hall–Kier alpha value is -1.49. The topological polar surface area (TPSA) is 47.6 Å². The van der Waals surface area contributed by atoms with Gasteiger partial charge in [-0.25, -0.2) is 0 Å². The predicted octanol–water partition coefficient (Wildman–Crippen LogP) is 2.80. The molecule has 5 heteroatoms. The van der Waals surface area contributed by atoms with Gasteiger partial charge in [0.25, 0.3) is 5.79 Å². The van der Waals surface area contributed by atoms with Crippen molar-refractivity contribution in [3.63, 3.8) is 0 Å². The van der Waals surface area contributed by atoms with E-state index in [1.807, 2.05) is 0 Å². The van der Waals surface area contributed by atoms with E-state index in [1.54, 1.807) is 23.9 Å². The molecule has 0 bridgehead atoms. The number of amides is 1. The number of anilines is 1. The molecule has 3 aliphatic rings. The van der Waals surface area contributed by atoms with Gasteiger partial charge in [-0.15, -0.1) is 11.3 Å². The molecule has 0 atom stereocenters. The van der Waals surface area contributed by atoms with Crippen LogP contribution < -0.4 is 5.32 Å². The summed E-state index contributed by atoms with van der Waals surface area (Å²) in [5, 5.41) is 3.99. The Labute approximate surface area is 115 Å². The number of rotatable bonds is 2. The first-order valence-electron chi connectivity index (χ1n) is 6.67. The minimum absolute atomic E-state index is 0.170. The normalized spacial score (nSPS) is 22.7. The van der Waals surface area contributed by atoms with E-state index in [0.29, 0.717) is 0 Å². The molecule has 1 amide bonds. The van der Waals surface area contributed by atoms with E-state index in [-0.39, 0.29) is 11.8 Å². The summed E-state index contributed by atoms with van der Waals surface area (Å²) in [4.78, 5) is 13.1. The summed E-state index contributed by atoms with van der Waals surface area (Å²) in [7, 11) is 0. The Morgan fingerprint density at radius 2 is 2.16 bits per heavy atom. The number of aryl methyl sites for hydroxylation is 1. The lowest BCUT2D eigenvalue weighted by Crippen LogP contribution is -2.36. The Balaban J connectivity index is 1.52. The van der Waals surface area contributed by atoms with Gasteiger partial charge in [0, 0.05) is 17.2 Å². The molecule has 2 aliphatic carbocycles. The zero-order valence-electron chi connectivity index (χ0n) is 10.5. The van der Waals surface area contributed by atoms with E-state index >= 15 is 0 Å². The third kappa shape index (κ3) is 2.02. The molecule has 0 unspecified atom stereocenters. The molecule has 19 heavy (non-hydrogen) atoms. The van der Waals surface area contributed by atoms with Crippen molar-refractivity contribution < 1.29 is 14.3 Å². The van der Waals surface area contributed by atoms with Crippen molar-refractivity contribution >= 4 is 22.2 Å². The van der Waals surface area contributed by atoms with E-state index in [4.69, 9.17) is 9.47 Å².